The van der Waals surface area contributed by atoms with E-state index in [1.807, 2.05) is 0 Å². The summed E-state index contributed by atoms with van der Waals surface area (Å²) in [6.45, 7) is 3.12. The summed E-state index contributed by atoms with van der Waals surface area (Å²) in [6.07, 6.45) is 5.56. The van der Waals surface area contributed by atoms with Gasteiger partial charge in [-0.15, -0.1) is 0 Å². The Labute approximate surface area is 121 Å². The molecule has 1 rings (SSSR count). The summed E-state index contributed by atoms with van der Waals surface area (Å²) in [7, 11) is 0. The van der Waals surface area contributed by atoms with Crippen LogP contribution in [0.3, 0.4) is 0 Å². The van der Waals surface area contributed by atoms with Crippen LogP contribution in [0.15, 0.2) is 0 Å². The lowest BCUT2D eigenvalue weighted by Crippen LogP contribution is -2.61. The molecule has 0 spiro atoms. The largest absolute Gasteiger partial charge is 0.389 e. The molecular weight excluding hydrogens is 258 g/mol. The van der Waals surface area contributed by atoms with Crippen molar-refractivity contribution in [3.05, 3.63) is 0 Å². The molecule has 0 aromatic heterocycles. The molecular formula is C15H29NO4. The molecule has 20 heavy (non-hydrogen) atoms. The lowest BCUT2D eigenvalue weighted by Gasteiger charge is -2.41. The van der Waals surface area contributed by atoms with Crippen molar-refractivity contribution in [1.29, 1.82) is 0 Å². The first kappa shape index (κ1) is 17.6. The molecule has 0 aromatic rings. The van der Waals surface area contributed by atoms with Crippen molar-refractivity contribution in [2.24, 2.45) is 0 Å². The summed E-state index contributed by atoms with van der Waals surface area (Å²) in [6, 6.07) is -0.700. The van der Waals surface area contributed by atoms with Gasteiger partial charge in [0.25, 0.3) is 0 Å². The van der Waals surface area contributed by atoms with Crippen LogP contribution >= 0.6 is 0 Å². The van der Waals surface area contributed by atoms with Crippen LogP contribution in [0.25, 0.3) is 0 Å². The van der Waals surface area contributed by atoms with Gasteiger partial charge >= 0.3 is 0 Å². The van der Waals surface area contributed by atoms with Gasteiger partial charge in [-0.05, 0) is 13.0 Å². The quantitative estimate of drug-likeness (QED) is 0.430. The summed E-state index contributed by atoms with van der Waals surface area (Å²) >= 11 is 0. The summed E-state index contributed by atoms with van der Waals surface area (Å²) in [5.74, 6) is 0. The van der Waals surface area contributed by atoms with Crippen LogP contribution in [0, 0.1) is 0 Å². The minimum Gasteiger partial charge on any atom is -0.389 e. The molecule has 4 unspecified atom stereocenters. The van der Waals surface area contributed by atoms with E-state index in [1.54, 1.807) is 4.90 Å². The van der Waals surface area contributed by atoms with E-state index in [-0.39, 0.29) is 6.54 Å². The molecule has 0 aliphatic carbocycles. The maximum Gasteiger partial charge on any atom is 0.139 e. The first-order chi connectivity index (χ1) is 9.61. The zero-order valence-electron chi connectivity index (χ0n) is 12.4. The molecule has 5 heteroatoms. The lowest BCUT2D eigenvalue weighted by atomic mass is 9.94. The Kier molecular flexibility index (Phi) is 8.30. The van der Waals surface area contributed by atoms with Crippen LogP contribution in [0.2, 0.25) is 0 Å². The van der Waals surface area contributed by atoms with Gasteiger partial charge in [0.15, 0.2) is 0 Å². The highest BCUT2D eigenvalue weighted by molar-refractivity contribution is 5.59. The van der Waals surface area contributed by atoms with Crippen molar-refractivity contribution in [2.75, 3.05) is 13.1 Å². The Bertz CT molecular complexity index is 275. The fourth-order valence-electron chi connectivity index (χ4n) is 2.79. The van der Waals surface area contributed by atoms with Crippen LogP contribution in [0.4, 0.5) is 0 Å². The predicted molar refractivity (Wildman–Crippen MR) is 77.4 cm³/mol. The highest BCUT2D eigenvalue weighted by Crippen LogP contribution is 2.19. The fourth-order valence-corrected chi connectivity index (χ4v) is 2.79. The highest BCUT2D eigenvalue weighted by atomic mass is 16.4. The average molecular weight is 287 g/mol. The number of unbranched alkanes of at least 4 members (excludes halogenated alkanes) is 6. The molecule has 3 N–H and O–H groups in total. The zero-order valence-corrected chi connectivity index (χ0v) is 12.4. The third kappa shape index (κ3) is 5.13. The molecule has 1 saturated heterocycles. The summed E-state index contributed by atoms with van der Waals surface area (Å²) in [5, 5.41) is 29.0. The molecule has 0 aromatic carbocycles. The van der Waals surface area contributed by atoms with E-state index >= 15 is 0 Å². The Morgan fingerprint density at radius 2 is 1.60 bits per heavy atom. The third-order valence-electron chi connectivity index (χ3n) is 4.13. The van der Waals surface area contributed by atoms with Gasteiger partial charge in [0.05, 0.1) is 12.1 Å². The highest BCUT2D eigenvalue weighted by Gasteiger charge is 2.40. The molecule has 0 bridgehead atoms. The van der Waals surface area contributed by atoms with Gasteiger partial charge in [-0.3, -0.25) is 4.90 Å². The first-order valence-corrected chi connectivity index (χ1v) is 7.85. The Morgan fingerprint density at radius 3 is 2.20 bits per heavy atom. The molecule has 4 atom stereocenters. The number of carbonyl (C=O) groups excluding carboxylic acids is 1. The number of nitrogens with zero attached hydrogens (tertiary/aromatic N) is 1. The molecule has 1 heterocycles. The first-order valence-electron chi connectivity index (χ1n) is 7.85. The van der Waals surface area contributed by atoms with Crippen LogP contribution in [0.5, 0.6) is 0 Å². The number of aliphatic hydroxyl groups excluding tert-OH is 3. The van der Waals surface area contributed by atoms with Crippen LogP contribution in [-0.2, 0) is 4.79 Å². The van der Waals surface area contributed by atoms with Crippen molar-refractivity contribution < 1.29 is 20.1 Å². The predicted octanol–water partition coefficient (Wildman–Crippen LogP) is 0.703. The normalized spacial score (nSPS) is 31.4. The standard InChI is InChI=1S/C15H29NO4/c1-2-3-4-5-6-7-8-9-16-10-13(18)15(20)14(19)12(16)11-17/h11-15,18-20H,2-10H2,1H3. The number of rotatable bonds is 9. The van der Waals surface area contributed by atoms with Crippen molar-refractivity contribution >= 4 is 6.29 Å². The van der Waals surface area contributed by atoms with E-state index in [0.29, 0.717) is 12.8 Å². The van der Waals surface area contributed by atoms with Crippen molar-refractivity contribution in [1.82, 2.24) is 4.90 Å². The van der Waals surface area contributed by atoms with Gasteiger partial charge in [-0.2, -0.15) is 0 Å². The summed E-state index contributed by atoms with van der Waals surface area (Å²) in [5.41, 5.74) is 0. The van der Waals surface area contributed by atoms with Gasteiger partial charge in [0, 0.05) is 6.54 Å². The van der Waals surface area contributed by atoms with E-state index in [9.17, 15) is 20.1 Å². The number of likely N-dealkylation sites (tertiary alicyclic amines) is 1. The number of hydrogen-bond acceptors (Lipinski definition) is 5. The van der Waals surface area contributed by atoms with Crippen LogP contribution in [0.1, 0.15) is 51.9 Å². The molecule has 5 nitrogen and oxygen atoms in total. The second kappa shape index (κ2) is 9.45. The van der Waals surface area contributed by atoms with Crippen LogP contribution in [-0.4, -0.2) is 63.9 Å². The number of hydrogen-bond donors (Lipinski definition) is 3. The van der Waals surface area contributed by atoms with E-state index in [2.05, 4.69) is 6.92 Å². The number of carbonyl (C=O) groups is 1. The van der Waals surface area contributed by atoms with Gasteiger partial charge < -0.3 is 20.1 Å². The average Bonchev–Trinajstić information content (AvgIpc) is 2.44. The minimum atomic E-state index is -1.23. The third-order valence-corrected chi connectivity index (χ3v) is 4.13. The van der Waals surface area contributed by atoms with Gasteiger partial charge in [-0.25, -0.2) is 0 Å². The van der Waals surface area contributed by atoms with Gasteiger partial charge in [0.1, 0.15) is 18.5 Å². The van der Waals surface area contributed by atoms with E-state index in [1.165, 1.54) is 32.1 Å². The van der Waals surface area contributed by atoms with Gasteiger partial charge in [-0.1, -0.05) is 45.4 Å². The molecule has 0 amide bonds. The number of aldehydes is 1. The lowest BCUT2D eigenvalue weighted by molar-refractivity contribution is -0.147. The smallest absolute Gasteiger partial charge is 0.139 e. The molecule has 0 saturated carbocycles. The topological polar surface area (TPSA) is 81.0 Å². The number of piperidine rings is 1. The molecule has 1 fully saturated rings. The Hall–Kier alpha value is -0.490. The molecule has 1 aliphatic rings. The Morgan fingerprint density at radius 1 is 1.00 bits per heavy atom. The molecule has 118 valence electrons. The molecule has 0 radical (unpaired) electrons. The summed E-state index contributed by atoms with van der Waals surface area (Å²) < 4.78 is 0. The minimum absolute atomic E-state index is 0.247. The number of β-amino-alcohol motifs (C(OH)–C–C–N with tert-alkyl or cyclic N) is 1. The maximum atomic E-state index is 11.0. The van der Waals surface area contributed by atoms with Crippen molar-refractivity contribution in [3.63, 3.8) is 0 Å². The van der Waals surface area contributed by atoms with E-state index < -0.39 is 24.4 Å². The zero-order chi connectivity index (χ0) is 15.0. The van der Waals surface area contributed by atoms with Crippen molar-refractivity contribution in [2.45, 2.75) is 76.2 Å². The van der Waals surface area contributed by atoms with E-state index in [4.69, 9.17) is 0 Å². The second-order valence-corrected chi connectivity index (χ2v) is 5.79. The van der Waals surface area contributed by atoms with Crippen LogP contribution < -0.4 is 0 Å². The SMILES string of the molecule is CCCCCCCCCN1CC(O)C(O)C(O)C1C=O. The molecule has 1 aliphatic heterocycles. The van der Waals surface area contributed by atoms with E-state index in [0.717, 1.165) is 12.8 Å². The fraction of sp³-hybridized carbons (Fsp3) is 0.933. The Balaban J connectivity index is 2.25. The number of aliphatic hydroxyl groups is 3. The van der Waals surface area contributed by atoms with Gasteiger partial charge in [0.2, 0.25) is 0 Å². The maximum absolute atomic E-state index is 11.0. The van der Waals surface area contributed by atoms with Crippen molar-refractivity contribution in [3.8, 4) is 0 Å². The second-order valence-electron chi connectivity index (χ2n) is 5.79. The summed E-state index contributed by atoms with van der Waals surface area (Å²) in [4.78, 5) is 12.8. The monoisotopic (exact) mass is 287 g/mol.